The van der Waals surface area contributed by atoms with E-state index in [9.17, 15) is 44.1 Å². The van der Waals surface area contributed by atoms with E-state index in [1.165, 1.54) is 0 Å². The number of aryl methyl sites for hydroxylation is 2. The Hall–Kier alpha value is -9.86. The third-order valence-corrected chi connectivity index (χ3v) is 23.0. The number of nitrogens with zero attached hydrogens (tertiary/aromatic N) is 8. The highest BCUT2D eigenvalue weighted by Crippen LogP contribution is 2.42. The lowest BCUT2D eigenvalue weighted by molar-refractivity contribution is -0.143. The van der Waals surface area contributed by atoms with Crippen molar-refractivity contribution in [2.24, 2.45) is 34.0 Å². The second-order valence-corrected chi connectivity index (χ2v) is 36.3. The van der Waals surface area contributed by atoms with Crippen LogP contribution in [0.25, 0.3) is 33.1 Å². The van der Waals surface area contributed by atoms with Crippen molar-refractivity contribution >= 4 is 69.3 Å². The molecule has 30 heteroatoms. The van der Waals surface area contributed by atoms with Gasteiger partial charge in [0.05, 0.1) is 54.4 Å². The van der Waals surface area contributed by atoms with Crippen LogP contribution in [0, 0.1) is 45.8 Å². The maximum Gasteiger partial charge on any atom is 0.408 e. The first-order chi connectivity index (χ1) is 56.4. The third-order valence-electron chi connectivity index (χ3n) is 23.0. The fraction of sp³-hybridized carbons (Fsp3) is 0.640. The van der Waals surface area contributed by atoms with Gasteiger partial charge in [-0.05, 0) is 182 Å². The van der Waals surface area contributed by atoms with Crippen molar-refractivity contribution in [2.45, 2.75) is 278 Å². The summed E-state index contributed by atoms with van der Waals surface area (Å²) in [4.78, 5) is 105. The third kappa shape index (κ3) is 27.1. The summed E-state index contributed by atoms with van der Waals surface area (Å²) in [7, 11) is 9.11. The average molecular weight is 1650 g/mol. The number of aliphatic carboxylic acids is 3. The maximum absolute atomic E-state index is 12.2. The number of rotatable bonds is 33. The summed E-state index contributed by atoms with van der Waals surface area (Å²) in [5.41, 5.74) is 5.05. The van der Waals surface area contributed by atoms with Gasteiger partial charge in [-0.15, -0.1) is 0 Å². The number of carboxylic acid groups (broad SMARTS) is 3. The topological polar surface area (TPSA) is 378 Å². The molecule has 6 aromatic rings. The van der Waals surface area contributed by atoms with Gasteiger partial charge in [0.1, 0.15) is 83.4 Å². The first kappa shape index (κ1) is 91.4. The largest absolute Gasteiger partial charge is 0.497 e. The zero-order chi connectivity index (χ0) is 86.2. The number of nitrogens with one attached hydrogen (secondary N) is 4. The van der Waals surface area contributed by atoms with Crippen molar-refractivity contribution in [3.63, 3.8) is 0 Å². The number of alkyl carbamates (subject to hydrolysis) is 3. The van der Waals surface area contributed by atoms with E-state index in [1.807, 2.05) is 54.6 Å². The molecular formula is C89H126N12O18. The molecule has 650 valence electrons. The van der Waals surface area contributed by atoms with Gasteiger partial charge >= 0.3 is 36.2 Å². The molecule has 3 aliphatic carbocycles. The van der Waals surface area contributed by atoms with Crippen LogP contribution in [-0.4, -0.2) is 219 Å². The second kappa shape index (κ2) is 40.9. The first-order valence-corrected chi connectivity index (χ1v) is 42.2. The number of hydrogen-bond donors (Lipinski definition) is 7. The highest BCUT2D eigenvalue weighted by molar-refractivity contribution is 5.83. The van der Waals surface area contributed by atoms with Crippen molar-refractivity contribution in [1.82, 2.24) is 61.0 Å². The molecule has 3 aliphatic heterocycles. The second-order valence-electron chi connectivity index (χ2n) is 36.3. The summed E-state index contributed by atoms with van der Waals surface area (Å²) in [6.07, 6.45) is 14.8. The van der Waals surface area contributed by atoms with Gasteiger partial charge < -0.3 is 79.2 Å². The predicted molar refractivity (Wildman–Crippen MR) is 449 cm³/mol. The molecule has 3 aromatic carbocycles. The van der Waals surface area contributed by atoms with Gasteiger partial charge in [0, 0.05) is 81.6 Å². The summed E-state index contributed by atoms with van der Waals surface area (Å²) in [5, 5.41) is 39.1. The number of carboxylic acids is 3. The number of unbranched alkanes of at least 4 members (excludes halogenated alkanes) is 5. The van der Waals surface area contributed by atoms with Crippen LogP contribution < -0.4 is 49.7 Å². The van der Waals surface area contributed by atoms with Crippen LogP contribution in [0.4, 0.5) is 14.4 Å². The summed E-state index contributed by atoms with van der Waals surface area (Å²) < 4.78 is 51.4. The Morgan fingerprint density at radius 2 is 0.824 bits per heavy atom. The van der Waals surface area contributed by atoms with E-state index in [0.717, 1.165) is 186 Å². The minimum absolute atomic E-state index is 0.0242. The van der Waals surface area contributed by atoms with Crippen molar-refractivity contribution in [3.05, 3.63) is 71.7 Å². The number of aromatic nitrogens is 6. The average Bonchev–Trinajstić information content (AvgIpc) is 1.80. The highest BCUT2D eigenvalue weighted by Gasteiger charge is 2.45. The molecule has 0 radical (unpaired) electrons. The van der Waals surface area contributed by atoms with E-state index in [1.54, 1.807) is 83.6 Å². The van der Waals surface area contributed by atoms with Crippen LogP contribution in [0.2, 0.25) is 0 Å². The molecule has 15 atom stereocenters. The molecule has 119 heavy (non-hydrogen) atoms. The Morgan fingerprint density at radius 3 is 1.17 bits per heavy atom. The van der Waals surface area contributed by atoms with E-state index >= 15 is 0 Å². The van der Waals surface area contributed by atoms with Gasteiger partial charge in [0.25, 0.3) is 0 Å². The first-order valence-electron chi connectivity index (χ1n) is 42.2. The summed E-state index contributed by atoms with van der Waals surface area (Å²) in [6, 6.07) is 15.3. The van der Waals surface area contributed by atoms with E-state index < -0.39 is 70.6 Å². The fourth-order valence-corrected chi connectivity index (χ4v) is 15.3. The summed E-state index contributed by atoms with van der Waals surface area (Å²) in [6.45, 7) is 25.0. The molecule has 3 saturated carbocycles. The Kier molecular flexibility index (Phi) is 31.5. The molecule has 30 nitrogen and oxygen atoms in total. The van der Waals surface area contributed by atoms with Gasteiger partial charge in [-0.25, -0.2) is 58.7 Å². The summed E-state index contributed by atoms with van der Waals surface area (Å²) in [5.74, 6) is 7.95. The molecular weight excluding hydrogens is 1530 g/mol. The van der Waals surface area contributed by atoms with E-state index in [4.69, 9.17) is 72.5 Å². The Balaban J connectivity index is 0.000000188. The smallest absolute Gasteiger partial charge is 0.408 e. The monoisotopic (exact) mass is 1650 g/mol. The number of likely N-dealkylation sites (tertiary alicyclic amines) is 2. The lowest BCUT2D eigenvalue weighted by atomic mass is 9.87. The number of carbonyl (C=O) groups excluding carboxylic acids is 3. The molecule has 0 unspecified atom stereocenters. The fourth-order valence-electron chi connectivity index (χ4n) is 15.3. The zero-order valence-corrected chi connectivity index (χ0v) is 72.5. The van der Waals surface area contributed by atoms with Gasteiger partial charge in [0.15, 0.2) is 5.69 Å². The molecule has 12 rings (SSSR count). The van der Waals surface area contributed by atoms with E-state index in [-0.39, 0.29) is 42.5 Å². The maximum atomic E-state index is 12.2. The molecule has 7 N–H and O–H groups in total. The van der Waals surface area contributed by atoms with Crippen molar-refractivity contribution in [2.75, 3.05) is 55.1 Å². The van der Waals surface area contributed by atoms with Crippen LogP contribution in [0.1, 0.15) is 209 Å². The molecule has 3 aromatic heterocycles. The minimum Gasteiger partial charge on any atom is -0.497 e. The van der Waals surface area contributed by atoms with Crippen LogP contribution in [-0.2, 0) is 41.4 Å². The SMILES string of the molecule is COc1ccc2nc(C#CCCC[C@@H]3C[C@H]3OC(=O)N[C@H](C(=O)O)C(C)(C)C)c(O[C@@H]3C[C@@H](C)N(C)C3)nc2c1.COc1ccc2nc(CCCCC[C@@H]3C[C@H]3OC(=O)N[C@H](C(=O)O)C(C)(C)C)c(O[C@@H]3C[C@@H](C)N(C)C3)nc2c1.COc1ccc2nc(CCCCC[C@@H]3C[C@H]3OC(=O)N[C@H](C(=O)O)C(C)(C)C)c(O[C@H]3CN[C@H](C)C3)nc2c1. The molecule has 0 bridgehead atoms. The van der Waals surface area contributed by atoms with Gasteiger partial charge in [-0.3, -0.25) is 9.80 Å². The number of benzene rings is 3. The predicted octanol–water partition coefficient (Wildman–Crippen LogP) is 13.6. The number of likely N-dealkylation sites (N-methyl/N-ethyl adjacent to an activating group) is 2. The van der Waals surface area contributed by atoms with E-state index in [2.05, 4.69) is 77.8 Å². The Morgan fingerprint density at radius 1 is 0.462 bits per heavy atom. The lowest BCUT2D eigenvalue weighted by Crippen LogP contribution is -2.49. The van der Waals surface area contributed by atoms with Crippen LogP contribution in [0.3, 0.4) is 0 Å². The highest BCUT2D eigenvalue weighted by atomic mass is 16.6. The molecule has 0 spiro atoms. The Bertz CT molecular complexity index is 4540. The zero-order valence-electron chi connectivity index (χ0n) is 72.5. The van der Waals surface area contributed by atoms with E-state index in [0.29, 0.717) is 71.0 Å². The standard InChI is InChI=1S/C30H44N4O6.C30H40N4O6.C29H42N4O6/c2*1-18-14-21(17-34(18)5)39-27-23(31-22-13-12-20(38-6)16-24(22)32-27)11-9-7-8-10-19-15-25(19)40-29(37)33-26(28(35)36)30(2,3)4;1-17-13-20(16-30-17)38-26-22(31-21-12-11-19(37-5)15-23(21)32-26)10-8-6-7-9-18-14-24(18)39-28(36)33-25(27(34)35)29(2,3)4/h12-13,16,18-19,21,25-26H,7-11,14-15,17H2,1-6H3,(H,33,37)(H,35,36);12-13,16,18-19,21,25-26H,7-8,10,14-15,17H2,1-6H3,(H,33,37)(H,35,36);11-12,15,17-18,20,24-25,30H,6-10,13-14,16H2,1-5H3,(H,33,36)(H,34,35)/t2*18-,19-,21-,25-,26-;17-,18-,20-,24-,25-/m111/s1. The van der Waals surface area contributed by atoms with Crippen LogP contribution >= 0.6 is 0 Å². The number of fused-ring (bicyclic) bond motifs is 3. The Labute approximate surface area is 699 Å². The summed E-state index contributed by atoms with van der Waals surface area (Å²) >= 11 is 0. The number of hydrogen-bond acceptors (Lipinski definition) is 24. The number of ether oxygens (including phenoxy) is 9. The van der Waals surface area contributed by atoms with Crippen molar-refractivity contribution in [3.8, 4) is 46.7 Å². The quantitative estimate of drug-likeness (QED) is 0.0114. The van der Waals surface area contributed by atoms with Crippen LogP contribution in [0.5, 0.6) is 34.9 Å². The number of methoxy groups -OCH3 is 3. The van der Waals surface area contributed by atoms with Gasteiger partial charge in [-0.1, -0.05) is 93.9 Å². The number of carbonyl (C=O) groups is 6. The van der Waals surface area contributed by atoms with Gasteiger partial charge in [0.2, 0.25) is 17.6 Å². The minimum atomic E-state index is -1.08. The molecule has 6 aliphatic rings. The van der Waals surface area contributed by atoms with Crippen LogP contribution in [0.15, 0.2) is 54.6 Å². The molecule has 3 saturated heterocycles. The molecule has 3 amide bonds. The van der Waals surface area contributed by atoms with Crippen molar-refractivity contribution < 1.29 is 86.7 Å². The molecule has 6 fully saturated rings. The normalized spacial score (nSPS) is 23.3. The van der Waals surface area contributed by atoms with Gasteiger partial charge in [-0.2, -0.15) is 0 Å². The number of amides is 3. The lowest BCUT2D eigenvalue weighted by Gasteiger charge is -2.27. The van der Waals surface area contributed by atoms with Crippen molar-refractivity contribution in [1.29, 1.82) is 0 Å². The molecule has 6 heterocycles.